The molecule has 0 unspecified atom stereocenters. The molecule has 0 heterocycles. The zero-order valence-corrected chi connectivity index (χ0v) is 15.6. The van der Waals surface area contributed by atoms with Crippen LogP contribution in [0.4, 0.5) is 0 Å². The summed E-state index contributed by atoms with van der Waals surface area (Å²) in [4.78, 5) is 23.1. The first-order chi connectivity index (χ1) is 11.9. The predicted octanol–water partition coefficient (Wildman–Crippen LogP) is -1.82. The summed E-state index contributed by atoms with van der Waals surface area (Å²) in [6.07, 6.45) is 0.0183. The van der Waals surface area contributed by atoms with Crippen LogP contribution in [0.5, 0.6) is 0 Å². The average Bonchev–Trinajstić information content (AvgIpc) is 2.62. The lowest BCUT2D eigenvalue weighted by molar-refractivity contribution is -0.245. The SMILES string of the molecule is O=C(CCS)OCC(CO)(COC(=O)CCS)OC(CO)(CO)CO. The summed E-state index contributed by atoms with van der Waals surface area (Å²) in [6, 6.07) is 0. The van der Waals surface area contributed by atoms with Gasteiger partial charge in [0.25, 0.3) is 0 Å². The molecule has 0 fully saturated rings. The predicted molar refractivity (Wildman–Crippen MR) is 93.7 cm³/mol. The van der Waals surface area contributed by atoms with Crippen LogP contribution < -0.4 is 0 Å². The number of hydrogen-bond acceptors (Lipinski definition) is 11. The van der Waals surface area contributed by atoms with E-state index in [0.29, 0.717) is 0 Å². The Morgan fingerprint density at radius 3 is 1.36 bits per heavy atom. The van der Waals surface area contributed by atoms with Crippen molar-refractivity contribution in [3.05, 3.63) is 0 Å². The van der Waals surface area contributed by atoms with Crippen LogP contribution in [0.25, 0.3) is 0 Å². The highest BCUT2D eigenvalue weighted by atomic mass is 32.1. The lowest BCUT2D eigenvalue weighted by Crippen LogP contribution is -2.58. The first-order valence-corrected chi connectivity index (χ1v) is 8.79. The van der Waals surface area contributed by atoms with Crippen molar-refractivity contribution in [2.75, 3.05) is 51.1 Å². The minimum atomic E-state index is -1.82. The molecule has 0 radical (unpaired) electrons. The van der Waals surface area contributed by atoms with Crippen LogP contribution in [0.3, 0.4) is 0 Å². The lowest BCUT2D eigenvalue weighted by Gasteiger charge is -2.39. The van der Waals surface area contributed by atoms with E-state index in [1.54, 1.807) is 0 Å². The molecule has 0 aromatic carbocycles. The van der Waals surface area contributed by atoms with E-state index in [9.17, 15) is 30.0 Å². The molecule has 0 spiro atoms. The van der Waals surface area contributed by atoms with E-state index in [-0.39, 0.29) is 24.3 Å². The Morgan fingerprint density at radius 2 is 1.08 bits per heavy atom. The summed E-state index contributed by atoms with van der Waals surface area (Å²) in [7, 11) is 0. The molecule has 148 valence electrons. The van der Waals surface area contributed by atoms with Crippen LogP contribution in [0.15, 0.2) is 0 Å². The van der Waals surface area contributed by atoms with Crippen LogP contribution in [0.2, 0.25) is 0 Å². The summed E-state index contributed by atoms with van der Waals surface area (Å²) < 4.78 is 15.5. The Kier molecular flexibility index (Phi) is 12.5. The van der Waals surface area contributed by atoms with E-state index in [1.165, 1.54) is 0 Å². The van der Waals surface area contributed by atoms with Crippen LogP contribution >= 0.6 is 25.3 Å². The molecule has 0 aliphatic rings. The normalized spacial score (nSPS) is 12.1. The molecule has 0 aromatic rings. The highest BCUT2D eigenvalue weighted by Gasteiger charge is 2.43. The molecule has 0 aliphatic carbocycles. The zero-order valence-electron chi connectivity index (χ0n) is 13.8. The van der Waals surface area contributed by atoms with Crippen molar-refractivity contribution < 1.29 is 44.2 Å². The minimum absolute atomic E-state index is 0.00913. The molecule has 0 saturated carbocycles. The van der Waals surface area contributed by atoms with Gasteiger partial charge in [-0.1, -0.05) is 0 Å². The van der Waals surface area contributed by atoms with Crippen LogP contribution in [-0.2, 0) is 23.8 Å². The smallest absolute Gasteiger partial charge is 0.306 e. The standard InChI is InChI=1S/C14H26O9S2/c15-5-13(6-16,7-17)23-14(8-18,9-21-11(19)1-3-24)10-22-12(20)2-4-25/h15-18,24-25H,1-10H2. The molecule has 25 heavy (non-hydrogen) atoms. The zero-order chi connectivity index (χ0) is 19.3. The quantitative estimate of drug-likeness (QED) is 0.146. The second-order valence-electron chi connectivity index (χ2n) is 5.37. The maximum atomic E-state index is 11.5. The maximum absolute atomic E-state index is 11.5. The molecular formula is C14H26O9S2. The van der Waals surface area contributed by atoms with Gasteiger partial charge in [0.2, 0.25) is 0 Å². The molecule has 0 saturated heterocycles. The second-order valence-corrected chi connectivity index (χ2v) is 6.26. The largest absolute Gasteiger partial charge is 0.462 e. The van der Waals surface area contributed by atoms with Crippen molar-refractivity contribution in [1.82, 2.24) is 0 Å². The minimum Gasteiger partial charge on any atom is -0.462 e. The van der Waals surface area contributed by atoms with E-state index in [0.717, 1.165) is 0 Å². The molecule has 0 bridgehead atoms. The number of carbonyl (C=O) groups excluding carboxylic acids is 2. The molecule has 0 aromatic heterocycles. The van der Waals surface area contributed by atoms with Gasteiger partial charge in [-0.25, -0.2) is 0 Å². The van der Waals surface area contributed by atoms with Gasteiger partial charge < -0.3 is 34.6 Å². The Morgan fingerprint density at radius 1 is 0.720 bits per heavy atom. The van der Waals surface area contributed by atoms with Gasteiger partial charge in [-0.05, 0) is 0 Å². The average molecular weight is 402 g/mol. The van der Waals surface area contributed by atoms with E-state index in [2.05, 4.69) is 25.3 Å². The summed E-state index contributed by atoms with van der Waals surface area (Å²) >= 11 is 7.79. The van der Waals surface area contributed by atoms with Crippen molar-refractivity contribution in [2.45, 2.75) is 24.0 Å². The molecular weight excluding hydrogens is 376 g/mol. The summed E-state index contributed by atoms with van der Waals surface area (Å²) in [5.74, 6) is -0.755. The van der Waals surface area contributed by atoms with E-state index < -0.39 is 62.8 Å². The summed E-state index contributed by atoms with van der Waals surface area (Å²) in [6.45, 7) is -4.15. The van der Waals surface area contributed by atoms with Crippen molar-refractivity contribution in [2.24, 2.45) is 0 Å². The molecule has 9 nitrogen and oxygen atoms in total. The summed E-state index contributed by atoms with van der Waals surface area (Å²) in [5, 5.41) is 37.9. The number of esters is 2. The van der Waals surface area contributed by atoms with Gasteiger partial charge >= 0.3 is 11.9 Å². The fraction of sp³-hybridized carbons (Fsp3) is 0.857. The van der Waals surface area contributed by atoms with Crippen molar-refractivity contribution in [3.8, 4) is 0 Å². The van der Waals surface area contributed by atoms with Crippen molar-refractivity contribution in [1.29, 1.82) is 0 Å². The Hall–Kier alpha value is -0.560. The number of aliphatic hydroxyl groups excluding tert-OH is 4. The molecule has 0 aliphatic heterocycles. The fourth-order valence-corrected chi connectivity index (χ4v) is 2.05. The number of aliphatic hydroxyl groups is 4. The van der Waals surface area contributed by atoms with Gasteiger partial charge in [0, 0.05) is 11.5 Å². The summed E-state index contributed by atoms with van der Waals surface area (Å²) in [5.41, 5.74) is -3.60. The van der Waals surface area contributed by atoms with Gasteiger partial charge in [-0.3, -0.25) is 9.59 Å². The van der Waals surface area contributed by atoms with Crippen molar-refractivity contribution >= 4 is 37.2 Å². The number of carbonyl (C=O) groups is 2. The monoisotopic (exact) mass is 402 g/mol. The van der Waals surface area contributed by atoms with E-state index >= 15 is 0 Å². The Balaban J connectivity index is 5.27. The maximum Gasteiger partial charge on any atom is 0.306 e. The number of thiol groups is 2. The van der Waals surface area contributed by atoms with Crippen LogP contribution in [0.1, 0.15) is 12.8 Å². The Labute approximate surface area is 157 Å². The van der Waals surface area contributed by atoms with Gasteiger partial charge in [-0.15, -0.1) is 0 Å². The molecule has 0 atom stereocenters. The third kappa shape index (κ3) is 8.58. The fourth-order valence-electron chi connectivity index (χ4n) is 1.68. The molecule has 0 amide bonds. The molecule has 11 heteroatoms. The van der Waals surface area contributed by atoms with Gasteiger partial charge in [0.15, 0.2) is 5.60 Å². The highest BCUT2D eigenvalue weighted by molar-refractivity contribution is 7.80. The van der Waals surface area contributed by atoms with Gasteiger partial charge in [0.1, 0.15) is 18.8 Å². The van der Waals surface area contributed by atoms with Crippen LogP contribution in [0, 0.1) is 0 Å². The van der Waals surface area contributed by atoms with Gasteiger partial charge in [0.05, 0.1) is 39.3 Å². The number of ether oxygens (including phenoxy) is 3. The number of hydrogen-bond donors (Lipinski definition) is 6. The Bertz CT molecular complexity index is 371. The van der Waals surface area contributed by atoms with Crippen molar-refractivity contribution in [3.63, 3.8) is 0 Å². The first kappa shape index (κ1) is 24.4. The second kappa shape index (κ2) is 12.7. The van der Waals surface area contributed by atoms with Crippen LogP contribution in [-0.4, -0.2) is 94.7 Å². The molecule has 4 N–H and O–H groups in total. The molecule has 0 rings (SSSR count). The van der Waals surface area contributed by atoms with E-state index in [4.69, 9.17) is 14.2 Å². The highest BCUT2D eigenvalue weighted by Crippen LogP contribution is 2.23. The van der Waals surface area contributed by atoms with E-state index in [1.807, 2.05) is 0 Å². The third-order valence-corrected chi connectivity index (χ3v) is 3.66. The lowest BCUT2D eigenvalue weighted by atomic mass is 10.0. The number of rotatable bonds is 14. The first-order valence-electron chi connectivity index (χ1n) is 7.53. The third-order valence-electron chi connectivity index (χ3n) is 3.21. The topological polar surface area (TPSA) is 143 Å². The van der Waals surface area contributed by atoms with Gasteiger partial charge in [-0.2, -0.15) is 25.3 Å².